The maximum atomic E-state index is 13.9. The molecular weight excluding hydrogens is 261 g/mol. The number of hydrogen-bond donors (Lipinski definition) is 0. The van der Waals surface area contributed by atoms with Crippen molar-refractivity contribution in [3.63, 3.8) is 0 Å². The molecule has 1 nitrogen and oxygen atoms in total. The molecule has 0 saturated carbocycles. The van der Waals surface area contributed by atoms with Crippen LogP contribution >= 0.6 is 0 Å². The van der Waals surface area contributed by atoms with E-state index < -0.39 is 0 Å². The third-order valence-corrected chi connectivity index (χ3v) is 3.18. The summed E-state index contributed by atoms with van der Waals surface area (Å²) in [5.74, 6) is -0.318. The van der Waals surface area contributed by atoms with Gasteiger partial charge >= 0.3 is 0 Å². The summed E-state index contributed by atoms with van der Waals surface area (Å²) in [5, 5.41) is 0. The highest BCUT2D eigenvalue weighted by Gasteiger charge is 2.08. The quantitative estimate of drug-likeness (QED) is 0.597. The fourth-order valence-electron chi connectivity index (χ4n) is 2.15. The predicted octanol–water partition coefficient (Wildman–Crippen LogP) is 4.99. The van der Waals surface area contributed by atoms with Gasteiger partial charge in [-0.2, -0.15) is 0 Å². The Morgan fingerprint density at radius 1 is 0.619 bits per heavy atom. The van der Waals surface area contributed by atoms with Crippen molar-refractivity contribution in [2.24, 2.45) is 4.99 Å². The molecule has 0 aliphatic heterocycles. The van der Waals surface area contributed by atoms with E-state index in [4.69, 9.17) is 0 Å². The Labute approximate surface area is 123 Å². The zero-order valence-corrected chi connectivity index (χ0v) is 11.4. The minimum absolute atomic E-state index is 0.318. The maximum Gasteiger partial charge on any atom is 0.148 e. The highest BCUT2D eigenvalue weighted by molar-refractivity contribution is 6.13. The summed E-state index contributed by atoms with van der Waals surface area (Å²) in [7, 11) is 0. The van der Waals surface area contributed by atoms with Gasteiger partial charge in [0.2, 0.25) is 0 Å². The molecule has 0 amide bonds. The Morgan fingerprint density at radius 2 is 1.10 bits per heavy atom. The van der Waals surface area contributed by atoms with Gasteiger partial charge in [-0.1, -0.05) is 72.8 Å². The standard InChI is InChI=1S/C19H14FN/c20-17-13-7-8-14-18(17)21-19(15-9-3-1-4-10-15)16-11-5-2-6-12-16/h1-14H. The van der Waals surface area contributed by atoms with Crippen LogP contribution in [0, 0.1) is 5.82 Å². The van der Waals surface area contributed by atoms with Crippen LogP contribution in [0.5, 0.6) is 0 Å². The normalized spacial score (nSPS) is 10.1. The smallest absolute Gasteiger partial charge is 0.148 e. The highest BCUT2D eigenvalue weighted by atomic mass is 19.1. The number of benzene rings is 3. The fourth-order valence-corrected chi connectivity index (χ4v) is 2.15. The Bertz CT molecular complexity index is 707. The van der Waals surface area contributed by atoms with E-state index in [0.29, 0.717) is 5.69 Å². The van der Waals surface area contributed by atoms with Crippen LogP contribution in [0.2, 0.25) is 0 Å². The van der Waals surface area contributed by atoms with Gasteiger partial charge in [0.1, 0.15) is 5.82 Å². The van der Waals surface area contributed by atoms with Crippen molar-refractivity contribution in [1.82, 2.24) is 0 Å². The minimum Gasteiger partial charge on any atom is -0.245 e. The van der Waals surface area contributed by atoms with Crippen molar-refractivity contribution in [3.8, 4) is 0 Å². The van der Waals surface area contributed by atoms with E-state index in [1.54, 1.807) is 18.2 Å². The molecule has 0 unspecified atom stereocenters. The summed E-state index contributed by atoms with van der Waals surface area (Å²) in [6.45, 7) is 0. The lowest BCUT2D eigenvalue weighted by molar-refractivity contribution is 0.630. The zero-order chi connectivity index (χ0) is 14.5. The first kappa shape index (κ1) is 13.3. The minimum atomic E-state index is -0.318. The molecule has 0 aromatic heterocycles. The van der Waals surface area contributed by atoms with Crippen molar-refractivity contribution in [2.75, 3.05) is 0 Å². The average Bonchev–Trinajstić information content (AvgIpc) is 2.56. The molecule has 21 heavy (non-hydrogen) atoms. The lowest BCUT2D eigenvalue weighted by Gasteiger charge is -2.08. The molecule has 3 aromatic rings. The summed E-state index contributed by atoms with van der Waals surface area (Å²) in [5.41, 5.74) is 3.04. The molecule has 0 atom stereocenters. The van der Waals surface area contributed by atoms with Crippen LogP contribution in [0.4, 0.5) is 10.1 Å². The van der Waals surface area contributed by atoms with Crippen LogP contribution in [-0.2, 0) is 0 Å². The summed E-state index contributed by atoms with van der Waals surface area (Å²) >= 11 is 0. The van der Waals surface area contributed by atoms with Gasteiger partial charge in [-0.05, 0) is 12.1 Å². The summed E-state index contributed by atoms with van der Waals surface area (Å²) < 4.78 is 13.9. The molecule has 3 aromatic carbocycles. The van der Waals surface area contributed by atoms with Crippen LogP contribution in [0.1, 0.15) is 11.1 Å². The first-order valence-electron chi connectivity index (χ1n) is 6.78. The van der Waals surface area contributed by atoms with Crippen LogP contribution in [0.3, 0.4) is 0 Å². The predicted molar refractivity (Wildman–Crippen MR) is 84.6 cm³/mol. The van der Waals surface area contributed by atoms with Crippen molar-refractivity contribution in [3.05, 3.63) is 102 Å². The molecule has 0 saturated heterocycles. The lowest BCUT2D eigenvalue weighted by Crippen LogP contribution is -2.02. The number of rotatable bonds is 3. The third-order valence-electron chi connectivity index (χ3n) is 3.18. The second-order valence-corrected chi connectivity index (χ2v) is 4.64. The summed E-state index contributed by atoms with van der Waals surface area (Å²) in [4.78, 5) is 4.54. The van der Waals surface area contributed by atoms with Crippen molar-refractivity contribution in [1.29, 1.82) is 0 Å². The van der Waals surface area contributed by atoms with Gasteiger partial charge in [0.15, 0.2) is 0 Å². The Balaban J connectivity index is 2.16. The molecular formula is C19H14FN. The molecule has 0 radical (unpaired) electrons. The number of halogens is 1. The Kier molecular flexibility index (Phi) is 3.88. The molecule has 2 heteroatoms. The second-order valence-electron chi connectivity index (χ2n) is 4.64. The molecule has 0 spiro atoms. The molecule has 3 rings (SSSR count). The second kappa shape index (κ2) is 6.14. The first-order valence-corrected chi connectivity index (χ1v) is 6.78. The molecule has 0 heterocycles. The van der Waals surface area contributed by atoms with E-state index >= 15 is 0 Å². The van der Waals surface area contributed by atoms with E-state index in [-0.39, 0.29) is 5.82 Å². The number of aliphatic imine (C=N–C) groups is 1. The number of nitrogens with zero attached hydrogens (tertiary/aromatic N) is 1. The van der Waals surface area contributed by atoms with Crippen molar-refractivity contribution >= 4 is 11.4 Å². The van der Waals surface area contributed by atoms with E-state index in [1.807, 2.05) is 60.7 Å². The molecule has 0 aliphatic carbocycles. The van der Waals surface area contributed by atoms with Gasteiger partial charge < -0.3 is 0 Å². The Hall–Kier alpha value is -2.74. The van der Waals surface area contributed by atoms with Crippen LogP contribution < -0.4 is 0 Å². The maximum absolute atomic E-state index is 13.9. The Morgan fingerprint density at radius 3 is 1.62 bits per heavy atom. The lowest BCUT2D eigenvalue weighted by atomic mass is 10.0. The van der Waals surface area contributed by atoms with E-state index in [1.165, 1.54) is 6.07 Å². The molecule has 0 aliphatic rings. The largest absolute Gasteiger partial charge is 0.245 e. The number of para-hydroxylation sites is 1. The highest BCUT2D eigenvalue weighted by Crippen LogP contribution is 2.21. The molecule has 102 valence electrons. The first-order chi connectivity index (χ1) is 10.3. The molecule has 0 fully saturated rings. The molecule has 0 N–H and O–H groups in total. The van der Waals surface area contributed by atoms with E-state index in [9.17, 15) is 4.39 Å². The average molecular weight is 275 g/mol. The van der Waals surface area contributed by atoms with E-state index in [0.717, 1.165) is 16.8 Å². The molecule has 0 bridgehead atoms. The van der Waals surface area contributed by atoms with Crippen LogP contribution in [0.25, 0.3) is 0 Å². The van der Waals surface area contributed by atoms with Crippen LogP contribution in [0.15, 0.2) is 89.9 Å². The van der Waals surface area contributed by atoms with Gasteiger partial charge in [0.05, 0.1) is 11.4 Å². The van der Waals surface area contributed by atoms with Crippen molar-refractivity contribution in [2.45, 2.75) is 0 Å². The number of hydrogen-bond acceptors (Lipinski definition) is 1. The van der Waals surface area contributed by atoms with Crippen molar-refractivity contribution < 1.29 is 4.39 Å². The monoisotopic (exact) mass is 275 g/mol. The third kappa shape index (κ3) is 3.06. The summed E-state index contributed by atoms with van der Waals surface area (Å²) in [6.07, 6.45) is 0. The van der Waals surface area contributed by atoms with Gasteiger partial charge in [0, 0.05) is 11.1 Å². The SMILES string of the molecule is Fc1ccccc1N=C(c1ccccc1)c1ccccc1. The van der Waals surface area contributed by atoms with Crippen LogP contribution in [-0.4, -0.2) is 5.71 Å². The van der Waals surface area contributed by atoms with Gasteiger partial charge in [0.25, 0.3) is 0 Å². The summed E-state index contributed by atoms with van der Waals surface area (Å²) in [6, 6.07) is 26.2. The van der Waals surface area contributed by atoms with Gasteiger partial charge in [-0.15, -0.1) is 0 Å². The van der Waals surface area contributed by atoms with Gasteiger partial charge in [-0.3, -0.25) is 0 Å². The zero-order valence-electron chi connectivity index (χ0n) is 11.4. The fraction of sp³-hybridized carbons (Fsp3) is 0. The topological polar surface area (TPSA) is 12.4 Å². The van der Waals surface area contributed by atoms with E-state index in [2.05, 4.69) is 4.99 Å². The van der Waals surface area contributed by atoms with Gasteiger partial charge in [-0.25, -0.2) is 9.38 Å².